The third-order valence-electron chi connectivity index (χ3n) is 6.27. The van der Waals surface area contributed by atoms with Crippen molar-refractivity contribution in [2.75, 3.05) is 30.8 Å². The van der Waals surface area contributed by atoms with E-state index in [9.17, 15) is 8.42 Å². The fourth-order valence-corrected chi connectivity index (χ4v) is 5.43. The number of anilines is 1. The molecule has 1 saturated carbocycles. The minimum Gasteiger partial charge on any atom is -0.488 e. The number of aliphatic imine (C=N–C) groups is 1. The molecule has 2 aliphatic heterocycles. The van der Waals surface area contributed by atoms with Crippen LogP contribution in [0.4, 0.5) is 5.82 Å². The van der Waals surface area contributed by atoms with Crippen LogP contribution in [0.3, 0.4) is 0 Å². The molecule has 0 unspecified atom stereocenters. The summed E-state index contributed by atoms with van der Waals surface area (Å²) in [6.07, 6.45) is 5.00. The molecule has 0 N–H and O–H groups in total. The van der Waals surface area contributed by atoms with Gasteiger partial charge in [-0.15, -0.1) is 0 Å². The summed E-state index contributed by atoms with van der Waals surface area (Å²) in [4.78, 5) is 15.8. The smallest absolute Gasteiger partial charge is 0.211 e. The second-order valence-electron chi connectivity index (χ2n) is 8.97. The zero-order valence-electron chi connectivity index (χ0n) is 18.1. The Labute approximate surface area is 183 Å². The van der Waals surface area contributed by atoms with E-state index in [1.165, 1.54) is 11.8 Å². The van der Waals surface area contributed by atoms with Crippen LogP contribution in [0.2, 0.25) is 0 Å². The Morgan fingerprint density at radius 3 is 2.68 bits per heavy atom. The third-order valence-corrected chi connectivity index (χ3v) is 7.67. The van der Waals surface area contributed by atoms with Gasteiger partial charge in [0.2, 0.25) is 10.0 Å². The van der Waals surface area contributed by atoms with Gasteiger partial charge >= 0.3 is 0 Å². The Kier molecular flexibility index (Phi) is 4.78. The molecule has 1 atom stereocenters. The number of benzene rings is 1. The molecule has 1 saturated heterocycles. The van der Waals surface area contributed by atoms with Crippen molar-refractivity contribution in [3.63, 3.8) is 0 Å². The lowest BCUT2D eigenvalue weighted by molar-refractivity contribution is 0.200. The SMILES string of the molecule is C[C@H]1CN(c2cc(C3=NCc4ccc(OC5(C)CC5)cc43)ncn2)CCN1S(C)(=O)=O. The van der Waals surface area contributed by atoms with Crippen LogP contribution in [0.25, 0.3) is 0 Å². The lowest BCUT2D eigenvalue weighted by atomic mass is 10.0. The van der Waals surface area contributed by atoms with Crippen molar-refractivity contribution >= 4 is 21.6 Å². The summed E-state index contributed by atoms with van der Waals surface area (Å²) >= 11 is 0. The number of piperazine rings is 1. The van der Waals surface area contributed by atoms with Gasteiger partial charge in [0.25, 0.3) is 0 Å². The van der Waals surface area contributed by atoms with Gasteiger partial charge in [0.15, 0.2) is 0 Å². The van der Waals surface area contributed by atoms with E-state index in [0.29, 0.717) is 26.2 Å². The van der Waals surface area contributed by atoms with Crippen LogP contribution in [0, 0.1) is 0 Å². The summed E-state index contributed by atoms with van der Waals surface area (Å²) in [5.41, 5.74) is 3.82. The highest BCUT2D eigenvalue weighted by Gasteiger charge is 2.40. The van der Waals surface area contributed by atoms with Crippen molar-refractivity contribution in [3.8, 4) is 5.75 Å². The zero-order chi connectivity index (χ0) is 21.8. The second kappa shape index (κ2) is 7.27. The fourth-order valence-electron chi connectivity index (χ4n) is 4.30. The van der Waals surface area contributed by atoms with Crippen molar-refractivity contribution in [1.29, 1.82) is 0 Å². The van der Waals surface area contributed by atoms with Crippen LogP contribution < -0.4 is 9.64 Å². The van der Waals surface area contributed by atoms with Crippen LogP contribution in [-0.4, -0.2) is 65.9 Å². The van der Waals surface area contributed by atoms with Crippen LogP contribution in [0.5, 0.6) is 5.75 Å². The van der Waals surface area contributed by atoms with E-state index < -0.39 is 10.0 Å². The highest BCUT2D eigenvalue weighted by molar-refractivity contribution is 7.88. The van der Waals surface area contributed by atoms with E-state index in [2.05, 4.69) is 33.9 Å². The Morgan fingerprint density at radius 2 is 1.97 bits per heavy atom. The molecule has 0 bridgehead atoms. The van der Waals surface area contributed by atoms with Gasteiger partial charge < -0.3 is 9.64 Å². The van der Waals surface area contributed by atoms with E-state index in [0.717, 1.165) is 41.4 Å². The Hall–Kier alpha value is -2.52. The molecule has 1 aromatic heterocycles. The van der Waals surface area contributed by atoms with Crippen molar-refractivity contribution in [2.45, 2.75) is 44.9 Å². The van der Waals surface area contributed by atoms with Crippen LogP contribution in [0.1, 0.15) is 43.5 Å². The summed E-state index contributed by atoms with van der Waals surface area (Å²) in [6, 6.07) is 8.01. The van der Waals surface area contributed by atoms with E-state index in [1.807, 2.05) is 19.1 Å². The molecule has 5 rings (SSSR count). The monoisotopic (exact) mass is 441 g/mol. The maximum atomic E-state index is 12.0. The Balaban J connectivity index is 1.38. The number of ether oxygens (including phenoxy) is 1. The largest absolute Gasteiger partial charge is 0.488 e. The summed E-state index contributed by atoms with van der Waals surface area (Å²) in [5.74, 6) is 1.66. The van der Waals surface area contributed by atoms with Crippen LogP contribution in [0.15, 0.2) is 35.6 Å². The van der Waals surface area contributed by atoms with Gasteiger partial charge in [0.1, 0.15) is 23.5 Å². The molecule has 8 nitrogen and oxygen atoms in total. The van der Waals surface area contributed by atoms with Gasteiger partial charge in [0.05, 0.1) is 24.2 Å². The lowest BCUT2D eigenvalue weighted by Crippen LogP contribution is -2.53. The molecule has 31 heavy (non-hydrogen) atoms. The molecule has 0 amide bonds. The topological polar surface area (TPSA) is 88.0 Å². The van der Waals surface area contributed by atoms with Gasteiger partial charge in [-0.2, -0.15) is 4.31 Å². The first-order valence-corrected chi connectivity index (χ1v) is 12.5. The molecular formula is C22H27N5O3S. The molecule has 164 valence electrons. The van der Waals surface area contributed by atoms with Crippen molar-refractivity contribution < 1.29 is 13.2 Å². The normalized spacial score (nSPS) is 22.7. The standard InChI is InChI=1S/C22H27N5O3S/c1-15-13-26(8-9-27(15)31(3,28)29)20-11-19(24-14-25-20)21-18-10-17(30-22(2)6-7-22)5-4-16(18)12-23-21/h4-5,10-11,14-15H,6-9,12-13H2,1-3H3/t15-/m0/s1. The molecule has 3 heterocycles. The van der Waals surface area contributed by atoms with Gasteiger partial charge in [-0.25, -0.2) is 18.4 Å². The lowest BCUT2D eigenvalue weighted by Gasteiger charge is -2.38. The van der Waals surface area contributed by atoms with Gasteiger partial charge in [-0.3, -0.25) is 4.99 Å². The average Bonchev–Trinajstić information content (AvgIpc) is 3.30. The van der Waals surface area contributed by atoms with Crippen molar-refractivity contribution in [2.24, 2.45) is 4.99 Å². The second-order valence-corrected chi connectivity index (χ2v) is 10.9. The van der Waals surface area contributed by atoms with Crippen LogP contribution in [-0.2, 0) is 16.6 Å². The predicted molar refractivity (Wildman–Crippen MR) is 119 cm³/mol. The quantitative estimate of drug-likeness (QED) is 0.707. The maximum absolute atomic E-state index is 12.0. The number of nitrogens with zero attached hydrogens (tertiary/aromatic N) is 5. The van der Waals surface area contributed by atoms with Gasteiger partial charge in [-0.1, -0.05) is 6.07 Å². The number of aromatic nitrogens is 2. The minimum atomic E-state index is -3.21. The van der Waals surface area contributed by atoms with Gasteiger partial charge in [0, 0.05) is 37.3 Å². The minimum absolute atomic E-state index is 0.0307. The highest BCUT2D eigenvalue weighted by atomic mass is 32.2. The van der Waals surface area contributed by atoms with E-state index in [1.54, 1.807) is 10.6 Å². The van der Waals surface area contributed by atoms with Gasteiger partial charge in [-0.05, 0) is 44.4 Å². The molecule has 1 aromatic carbocycles. The molecule has 9 heteroatoms. The zero-order valence-corrected chi connectivity index (χ0v) is 18.9. The fraction of sp³-hybridized carbons (Fsp3) is 0.500. The summed E-state index contributed by atoms with van der Waals surface area (Å²) in [7, 11) is -3.21. The van der Waals surface area contributed by atoms with E-state index in [4.69, 9.17) is 9.73 Å². The number of hydrogen-bond acceptors (Lipinski definition) is 7. The molecular weight excluding hydrogens is 414 g/mol. The summed E-state index contributed by atoms with van der Waals surface area (Å²) < 4.78 is 31.6. The number of rotatable bonds is 5. The summed E-state index contributed by atoms with van der Waals surface area (Å²) in [5, 5.41) is 0. The first-order valence-electron chi connectivity index (χ1n) is 10.6. The third kappa shape index (κ3) is 4.04. The maximum Gasteiger partial charge on any atom is 0.211 e. The first kappa shape index (κ1) is 20.4. The van der Waals surface area contributed by atoms with E-state index in [-0.39, 0.29) is 11.6 Å². The summed E-state index contributed by atoms with van der Waals surface area (Å²) in [6.45, 7) is 6.32. The Bertz CT molecular complexity index is 1160. The van der Waals surface area contributed by atoms with Crippen molar-refractivity contribution in [1.82, 2.24) is 14.3 Å². The molecule has 2 fully saturated rings. The predicted octanol–water partition coefficient (Wildman–Crippen LogP) is 2.23. The highest BCUT2D eigenvalue weighted by Crippen LogP contribution is 2.40. The molecule has 2 aromatic rings. The van der Waals surface area contributed by atoms with E-state index >= 15 is 0 Å². The Morgan fingerprint density at radius 1 is 1.16 bits per heavy atom. The first-order chi connectivity index (χ1) is 14.7. The van der Waals surface area contributed by atoms with Crippen molar-refractivity contribution in [3.05, 3.63) is 47.4 Å². The number of sulfonamides is 1. The molecule has 0 spiro atoms. The molecule has 3 aliphatic rings. The number of hydrogen-bond donors (Lipinski definition) is 0. The average molecular weight is 442 g/mol. The molecule has 0 radical (unpaired) electrons. The molecule has 1 aliphatic carbocycles. The van der Waals surface area contributed by atoms with Crippen LogP contribution >= 0.6 is 0 Å². The number of fused-ring (bicyclic) bond motifs is 1.